The first-order chi connectivity index (χ1) is 14.0. The number of carbonyl (C=O) groups excluding carboxylic acids is 1. The van der Waals surface area contributed by atoms with Crippen LogP contribution in [0.15, 0.2) is 4.99 Å². The number of carbonyl (C=O) groups is 1. The van der Waals surface area contributed by atoms with Gasteiger partial charge in [-0.2, -0.15) is 11.8 Å². The molecule has 166 valence electrons. The van der Waals surface area contributed by atoms with Gasteiger partial charge in [0.1, 0.15) is 0 Å². The minimum absolute atomic E-state index is 0.0648. The molecule has 2 heterocycles. The van der Waals surface area contributed by atoms with Crippen molar-refractivity contribution in [1.82, 2.24) is 19.8 Å². The summed E-state index contributed by atoms with van der Waals surface area (Å²) in [6.45, 7) is 3.01. The molecule has 0 spiro atoms. The summed E-state index contributed by atoms with van der Waals surface area (Å²) in [5.41, 5.74) is 0. The van der Waals surface area contributed by atoms with Crippen molar-refractivity contribution in [3.05, 3.63) is 0 Å². The number of thioether (sulfide) groups is 1. The average Bonchev–Trinajstić information content (AvgIpc) is 3.22. The van der Waals surface area contributed by atoms with Crippen LogP contribution in [0.25, 0.3) is 0 Å². The first-order valence-electron chi connectivity index (χ1n) is 10.8. The quantitative estimate of drug-likeness (QED) is 0.462. The Kier molecular flexibility index (Phi) is 8.49. The molecule has 0 aromatic heterocycles. The van der Waals surface area contributed by atoms with E-state index in [9.17, 15) is 13.2 Å². The van der Waals surface area contributed by atoms with Gasteiger partial charge in [0.25, 0.3) is 0 Å². The fraction of sp³-hybridized carbons (Fsp3) is 0.895. The van der Waals surface area contributed by atoms with Crippen molar-refractivity contribution in [1.29, 1.82) is 0 Å². The zero-order valence-corrected chi connectivity index (χ0v) is 19.1. The molecular weight excluding hydrogens is 410 g/mol. The van der Waals surface area contributed by atoms with Crippen LogP contribution in [0.4, 0.5) is 0 Å². The minimum Gasteiger partial charge on any atom is -0.355 e. The van der Waals surface area contributed by atoms with Crippen LogP contribution in [0.2, 0.25) is 0 Å². The second-order valence-corrected chi connectivity index (χ2v) is 11.4. The Bertz CT molecular complexity index is 673. The molecule has 10 heteroatoms. The van der Waals surface area contributed by atoms with Crippen LogP contribution in [0, 0.1) is 5.92 Å². The van der Waals surface area contributed by atoms with Gasteiger partial charge in [0.15, 0.2) is 5.96 Å². The Hall–Kier alpha value is -1.00. The van der Waals surface area contributed by atoms with Crippen molar-refractivity contribution in [3.63, 3.8) is 0 Å². The van der Waals surface area contributed by atoms with Gasteiger partial charge in [0, 0.05) is 63.2 Å². The van der Waals surface area contributed by atoms with Gasteiger partial charge in [-0.1, -0.05) is 19.3 Å². The molecule has 2 aliphatic heterocycles. The van der Waals surface area contributed by atoms with E-state index in [1.165, 1.54) is 19.3 Å². The lowest BCUT2D eigenvalue weighted by Crippen LogP contribution is -2.47. The van der Waals surface area contributed by atoms with E-state index in [2.05, 4.69) is 15.6 Å². The van der Waals surface area contributed by atoms with Crippen LogP contribution >= 0.6 is 11.8 Å². The minimum atomic E-state index is -3.23. The van der Waals surface area contributed by atoms with E-state index < -0.39 is 10.0 Å². The Labute approximate surface area is 179 Å². The predicted molar refractivity (Wildman–Crippen MR) is 119 cm³/mol. The van der Waals surface area contributed by atoms with Gasteiger partial charge in [0.05, 0.1) is 5.75 Å². The summed E-state index contributed by atoms with van der Waals surface area (Å²) in [5, 5.41) is 6.48. The average molecular weight is 446 g/mol. The van der Waals surface area contributed by atoms with Gasteiger partial charge in [-0.3, -0.25) is 9.79 Å². The van der Waals surface area contributed by atoms with Crippen molar-refractivity contribution >= 4 is 33.7 Å². The number of sulfonamides is 1. The molecule has 1 aliphatic carbocycles. The van der Waals surface area contributed by atoms with Crippen molar-refractivity contribution < 1.29 is 13.2 Å². The molecule has 1 unspecified atom stereocenters. The van der Waals surface area contributed by atoms with Crippen molar-refractivity contribution in [3.8, 4) is 0 Å². The van der Waals surface area contributed by atoms with Gasteiger partial charge < -0.3 is 15.5 Å². The molecule has 0 aromatic carbocycles. The summed E-state index contributed by atoms with van der Waals surface area (Å²) in [6.07, 6.45) is 6.54. The Morgan fingerprint density at radius 3 is 2.52 bits per heavy atom. The lowest BCUT2D eigenvalue weighted by Gasteiger charge is -2.26. The standard InChI is InChI=1S/C19H35N5O3S2/c1-20-19(21-8-14-29(26,27)24-10-12-28-13-11-24)22-17-7-9-23(15-17)18(25)16-5-3-2-4-6-16/h16-17H,2-15H2,1H3,(H2,20,21,22). The highest BCUT2D eigenvalue weighted by atomic mass is 32.2. The molecule has 0 aromatic rings. The summed E-state index contributed by atoms with van der Waals surface area (Å²) < 4.78 is 26.5. The predicted octanol–water partition coefficient (Wildman–Crippen LogP) is 0.711. The molecule has 8 nitrogen and oxygen atoms in total. The second kappa shape index (κ2) is 10.9. The number of likely N-dealkylation sites (tertiary alicyclic amines) is 1. The summed E-state index contributed by atoms with van der Waals surface area (Å²) in [7, 11) is -1.54. The Balaban J connectivity index is 1.40. The lowest BCUT2D eigenvalue weighted by molar-refractivity contribution is -0.135. The molecule has 3 aliphatic rings. The zero-order chi connectivity index (χ0) is 20.7. The van der Waals surface area contributed by atoms with E-state index in [-0.39, 0.29) is 17.7 Å². The van der Waals surface area contributed by atoms with Crippen LogP contribution in [0.1, 0.15) is 38.5 Å². The zero-order valence-electron chi connectivity index (χ0n) is 17.4. The topological polar surface area (TPSA) is 94.1 Å². The third-order valence-electron chi connectivity index (χ3n) is 6.03. The summed E-state index contributed by atoms with van der Waals surface area (Å²) in [5.74, 6) is 2.92. The molecule has 0 bridgehead atoms. The monoisotopic (exact) mass is 445 g/mol. The van der Waals surface area contributed by atoms with E-state index in [0.717, 1.165) is 37.3 Å². The molecule has 3 fully saturated rings. The fourth-order valence-electron chi connectivity index (χ4n) is 4.33. The van der Waals surface area contributed by atoms with Gasteiger partial charge >= 0.3 is 0 Å². The van der Waals surface area contributed by atoms with E-state index >= 15 is 0 Å². The number of amides is 1. The van der Waals surface area contributed by atoms with E-state index in [0.29, 0.717) is 38.0 Å². The molecule has 2 saturated heterocycles. The third kappa shape index (κ3) is 6.49. The van der Waals surface area contributed by atoms with E-state index in [4.69, 9.17) is 0 Å². The second-order valence-electron chi connectivity index (χ2n) is 8.08. The summed E-state index contributed by atoms with van der Waals surface area (Å²) >= 11 is 1.80. The first kappa shape index (κ1) is 22.7. The van der Waals surface area contributed by atoms with Crippen molar-refractivity contribution in [2.45, 2.75) is 44.6 Å². The van der Waals surface area contributed by atoms with Crippen molar-refractivity contribution in [2.24, 2.45) is 10.9 Å². The summed E-state index contributed by atoms with van der Waals surface area (Å²) in [4.78, 5) is 18.9. The normalized spacial score (nSPS) is 25.2. The van der Waals surface area contributed by atoms with Gasteiger partial charge in [-0.05, 0) is 19.3 Å². The number of hydrogen-bond acceptors (Lipinski definition) is 5. The molecule has 29 heavy (non-hydrogen) atoms. The SMILES string of the molecule is CN=C(NCCS(=O)(=O)N1CCSCC1)NC1CCN(C(=O)C2CCCCC2)C1. The Morgan fingerprint density at radius 2 is 1.83 bits per heavy atom. The number of hydrogen-bond donors (Lipinski definition) is 2. The van der Waals surface area contributed by atoms with Crippen LogP contribution in [-0.2, 0) is 14.8 Å². The number of nitrogens with zero attached hydrogens (tertiary/aromatic N) is 3. The van der Waals surface area contributed by atoms with Crippen LogP contribution in [-0.4, -0.2) is 92.6 Å². The van der Waals surface area contributed by atoms with E-state index in [1.807, 2.05) is 4.90 Å². The maximum Gasteiger partial charge on any atom is 0.225 e. The highest BCUT2D eigenvalue weighted by Gasteiger charge is 2.32. The molecule has 0 radical (unpaired) electrons. The third-order valence-corrected chi connectivity index (χ3v) is 8.85. The molecule has 2 N–H and O–H groups in total. The van der Waals surface area contributed by atoms with Gasteiger partial charge in [-0.15, -0.1) is 0 Å². The first-order valence-corrected chi connectivity index (χ1v) is 13.6. The molecule has 1 amide bonds. The smallest absolute Gasteiger partial charge is 0.225 e. The maximum atomic E-state index is 12.7. The van der Waals surface area contributed by atoms with Crippen LogP contribution in [0.3, 0.4) is 0 Å². The van der Waals surface area contributed by atoms with E-state index in [1.54, 1.807) is 23.1 Å². The number of aliphatic imine (C=N–C) groups is 1. The largest absolute Gasteiger partial charge is 0.355 e. The van der Waals surface area contributed by atoms with Gasteiger partial charge in [-0.25, -0.2) is 12.7 Å². The Morgan fingerprint density at radius 1 is 1.10 bits per heavy atom. The van der Waals surface area contributed by atoms with Crippen molar-refractivity contribution in [2.75, 3.05) is 57.0 Å². The number of nitrogens with one attached hydrogen (secondary N) is 2. The summed E-state index contributed by atoms with van der Waals surface area (Å²) in [6, 6.07) is 0.157. The highest BCUT2D eigenvalue weighted by molar-refractivity contribution is 7.99. The van der Waals surface area contributed by atoms with Crippen LogP contribution in [0.5, 0.6) is 0 Å². The highest BCUT2D eigenvalue weighted by Crippen LogP contribution is 2.26. The molecule has 1 atom stereocenters. The fourth-order valence-corrected chi connectivity index (χ4v) is 6.82. The molecule has 3 rings (SSSR count). The maximum absolute atomic E-state index is 12.7. The number of guanidine groups is 1. The lowest BCUT2D eigenvalue weighted by atomic mass is 9.88. The molecular formula is C19H35N5O3S2. The van der Waals surface area contributed by atoms with Gasteiger partial charge in [0.2, 0.25) is 15.9 Å². The molecule has 1 saturated carbocycles. The van der Waals surface area contributed by atoms with Crippen LogP contribution < -0.4 is 10.6 Å². The number of rotatable bonds is 6.